The van der Waals surface area contributed by atoms with E-state index in [9.17, 15) is 38.0 Å². The van der Waals surface area contributed by atoms with Crippen molar-refractivity contribution in [3.63, 3.8) is 0 Å². The van der Waals surface area contributed by atoms with Crippen LogP contribution in [0.5, 0.6) is 0 Å². The van der Waals surface area contributed by atoms with Gasteiger partial charge in [-0.3, -0.25) is 34.1 Å². The average molecular weight is 941 g/mol. The van der Waals surface area contributed by atoms with Crippen LogP contribution >= 0.6 is 0 Å². The summed E-state index contributed by atoms with van der Waals surface area (Å²) < 4.78 is 27.9. The Balaban J connectivity index is 0.822. The molecule has 2 aromatic rings. The van der Waals surface area contributed by atoms with Gasteiger partial charge in [0.05, 0.1) is 5.56 Å². The lowest BCUT2D eigenvalue weighted by Crippen LogP contribution is -2.60. The highest BCUT2D eigenvalue weighted by Crippen LogP contribution is 2.40. The van der Waals surface area contributed by atoms with Crippen LogP contribution < -0.4 is 27.0 Å². The number of hydrogen-bond donors (Lipinski definition) is 4. The molecule has 8 rings (SSSR count). The summed E-state index contributed by atoms with van der Waals surface area (Å²) >= 11 is 0. The molecule has 3 fully saturated rings. The fraction of sp³-hybridized carbons (Fsp3) is 0.560. The van der Waals surface area contributed by atoms with Gasteiger partial charge in [-0.2, -0.15) is 0 Å². The zero-order valence-electron chi connectivity index (χ0n) is 39.3. The number of allylic oxidation sites excluding steroid dienone is 1. The second-order valence-corrected chi connectivity index (χ2v) is 19.4. The van der Waals surface area contributed by atoms with Gasteiger partial charge < -0.3 is 41.6 Å². The van der Waals surface area contributed by atoms with Gasteiger partial charge in [0.15, 0.2) is 6.04 Å². The number of nitrogens with zero attached hydrogens (tertiary/aromatic N) is 6. The van der Waals surface area contributed by atoms with Crippen LogP contribution in [0.25, 0.3) is 5.57 Å². The molecule has 0 radical (unpaired) electrons. The molecule has 0 spiro atoms. The number of halogens is 2. The molecule has 0 aromatic heterocycles. The van der Waals surface area contributed by atoms with E-state index in [1.807, 2.05) is 21.9 Å². The van der Waals surface area contributed by atoms with Crippen molar-refractivity contribution in [3.05, 3.63) is 86.4 Å². The van der Waals surface area contributed by atoms with Crippen LogP contribution in [0.4, 0.5) is 14.5 Å². The lowest BCUT2D eigenvalue weighted by molar-refractivity contribution is -0.825. The number of nitrogens with two attached hydrogens (primary N) is 2. The average Bonchev–Trinajstić information content (AvgIpc) is 3.60. The number of piperidine rings is 3. The quantitative estimate of drug-likeness (QED) is 0.0911. The van der Waals surface area contributed by atoms with Crippen LogP contribution in [0, 0.1) is 11.1 Å². The van der Waals surface area contributed by atoms with Gasteiger partial charge in [0, 0.05) is 131 Å². The molecule has 3 atom stereocenters. The maximum atomic E-state index is 14.6. The number of quaternary nitrogens is 1. The minimum atomic E-state index is -2.75. The SMILES string of the molecule is CN=CC(=CN)c1cc2c(cc1C(F)F)N(C(N)C1=C(NC3CCN(C(=O)CCN4CCC(CCc5cccc6c5C(=O)[N+]([O-])(C5CCC(=O)NC5=O)C6)CC4)CC3)CCN(C(C)=O)C1)CCC2. The molecule has 6 aliphatic rings. The van der Waals surface area contributed by atoms with Crippen LogP contribution in [0.1, 0.15) is 116 Å². The molecule has 6 heterocycles. The van der Waals surface area contributed by atoms with Crippen LogP contribution in [-0.2, 0) is 38.6 Å². The second-order valence-electron chi connectivity index (χ2n) is 19.4. The van der Waals surface area contributed by atoms with E-state index in [2.05, 4.69) is 20.5 Å². The van der Waals surface area contributed by atoms with Crippen molar-refractivity contribution in [1.82, 2.24) is 25.3 Å². The van der Waals surface area contributed by atoms with E-state index in [0.717, 1.165) is 74.0 Å². The fourth-order valence-corrected chi connectivity index (χ4v) is 11.3. The summed E-state index contributed by atoms with van der Waals surface area (Å²) in [5.74, 6) is -1.16. The highest BCUT2D eigenvalue weighted by atomic mass is 19.3. The van der Waals surface area contributed by atoms with Crippen molar-refractivity contribution < 1.29 is 37.4 Å². The number of rotatable bonds is 14. The van der Waals surface area contributed by atoms with Crippen LogP contribution in [0.2, 0.25) is 0 Å². The minimum absolute atomic E-state index is 0.0452. The summed E-state index contributed by atoms with van der Waals surface area (Å²) in [5.41, 5.74) is 18.9. The number of hydroxylamine groups is 3. The molecule has 6 N–H and O–H groups in total. The van der Waals surface area contributed by atoms with Gasteiger partial charge in [0.2, 0.25) is 17.7 Å². The van der Waals surface area contributed by atoms with Crippen molar-refractivity contribution in [3.8, 4) is 0 Å². The number of alkyl halides is 2. The number of aliphatic imine (C=N–C) groups is 1. The standard InChI is InChI=1S/C50H66F2N10O6/c1-31(63)60-24-16-41(40(29-60)48(54)61-18-4-7-34-25-38(36(27-53)28-55-2)39(47(51)52)26-42(34)61)56-37-14-22-59(23-15-37)45(65)17-21-58-19-12-32(13-20-58)8-9-33-5-3-6-35-30-62(68,50(67)46(33)35)43-10-11-44(64)57-49(43)66/h3,5-6,25-28,32,37,43,47-48,56H,4,7-24,29-30,53-54H2,1-2H3,(H,57,64,66). The molecule has 68 heavy (non-hydrogen) atoms. The van der Waals surface area contributed by atoms with Gasteiger partial charge in [-0.05, 0) is 99.2 Å². The third-order valence-corrected chi connectivity index (χ3v) is 15.2. The van der Waals surface area contributed by atoms with E-state index in [0.29, 0.717) is 98.8 Å². The topological polar surface area (TPSA) is 210 Å². The van der Waals surface area contributed by atoms with Gasteiger partial charge in [-0.25, -0.2) is 13.6 Å². The first-order valence-corrected chi connectivity index (χ1v) is 24.3. The van der Waals surface area contributed by atoms with E-state index in [4.69, 9.17) is 11.5 Å². The van der Waals surface area contributed by atoms with Crippen LogP contribution in [-0.4, -0.2) is 133 Å². The molecular weight excluding hydrogens is 875 g/mol. The van der Waals surface area contributed by atoms with Crippen LogP contribution in [0.3, 0.4) is 0 Å². The van der Waals surface area contributed by atoms with Gasteiger partial charge in [0.1, 0.15) is 12.7 Å². The van der Waals surface area contributed by atoms with E-state index in [-0.39, 0.29) is 42.8 Å². The number of anilines is 1. The Morgan fingerprint density at radius 3 is 2.44 bits per heavy atom. The summed E-state index contributed by atoms with van der Waals surface area (Å²) in [6.45, 7) is 6.58. The molecule has 366 valence electrons. The Hall–Kier alpha value is -5.56. The largest absolute Gasteiger partial charge is 0.624 e. The molecule has 2 aromatic carbocycles. The molecule has 0 bridgehead atoms. The van der Waals surface area contributed by atoms with E-state index < -0.39 is 41.0 Å². The number of benzene rings is 2. The molecule has 5 amide bonds. The zero-order valence-corrected chi connectivity index (χ0v) is 39.3. The monoisotopic (exact) mass is 941 g/mol. The van der Waals surface area contributed by atoms with Gasteiger partial charge >= 0.3 is 5.91 Å². The number of imide groups is 1. The van der Waals surface area contributed by atoms with Crippen molar-refractivity contribution in [2.24, 2.45) is 22.4 Å². The zero-order chi connectivity index (χ0) is 48.3. The van der Waals surface area contributed by atoms with E-state index in [1.54, 1.807) is 31.0 Å². The highest BCUT2D eigenvalue weighted by Gasteiger charge is 2.50. The molecule has 18 heteroatoms. The molecule has 0 saturated carbocycles. The Labute approximate surface area is 397 Å². The number of nitrogens with one attached hydrogen (secondary N) is 2. The minimum Gasteiger partial charge on any atom is -0.624 e. The summed E-state index contributed by atoms with van der Waals surface area (Å²) in [5, 5.41) is 19.9. The Kier molecular flexibility index (Phi) is 15.1. The third kappa shape index (κ3) is 10.2. The third-order valence-electron chi connectivity index (χ3n) is 15.2. The Morgan fingerprint density at radius 2 is 1.75 bits per heavy atom. The molecule has 6 aliphatic heterocycles. The number of likely N-dealkylation sites (tertiary alicyclic amines) is 2. The maximum absolute atomic E-state index is 14.6. The second kappa shape index (κ2) is 21.0. The van der Waals surface area contributed by atoms with E-state index in [1.165, 1.54) is 18.5 Å². The number of aryl methyl sites for hydroxylation is 2. The first-order valence-electron chi connectivity index (χ1n) is 24.3. The van der Waals surface area contributed by atoms with Crippen molar-refractivity contribution >= 4 is 47.0 Å². The number of carbonyl (C=O) groups excluding carboxylic acids is 5. The first kappa shape index (κ1) is 48.9. The van der Waals surface area contributed by atoms with Crippen molar-refractivity contribution in [2.75, 3.05) is 64.3 Å². The molecular formula is C50H66F2N10O6. The predicted octanol–water partition coefficient (Wildman–Crippen LogP) is 4.26. The smallest absolute Gasteiger partial charge is 0.347 e. The van der Waals surface area contributed by atoms with Gasteiger partial charge in [-0.15, -0.1) is 0 Å². The maximum Gasteiger partial charge on any atom is 0.347 e. The Bertz CT molecular complexity index is 2370. The summed E-state index contributed by atoms with van der Waals surface area (Å²) in [7, 11) is 1.57. The highest BCUT2D eigenvalue weighted by molar-refractivity contribution is 6.10. The Morgan fingerprint density at radius 1 is 0.985 bits per heavy atom. The summed E-state index contributed by atoms with van der Waals surface area (Å²) in [6.07, 6.45) is 6.96. The first-order chi connectivity index (χ1) is 32.7. The lowest BCUT2D eigenvalue weighted by Gasteiger charge is -2.42. The van der Waals surface area contributed by atoms with Gasteiger partial charge in [-0.1, -0.05) is 18.2 Å². The van der Waals surface area contributed by atoms with Gasteiger partial charge in [0.25, 0.3) is 12.3 Å². The molecule has 16 nitrogen and oxygen atoms in total. The number of fused-ring (bicyclic) bond motifs is 2. The number of hydrogen-bond acceptors (Lipinski definition) is 12. The van der Waals surface area contributed by atoms with E-state index >= 15 is 0 Å². The molecule has 3 unspecified atom stereocenters. The molecule has 0 aliphatic carbocycles. The lowest BCUT2D eigenvalue weighted by atomic mass is 9.89. The van der Waals surface area contributed by atoms with Crippen LogP contribution in [0.15, 0.2) is 52.8 Å². The fourth-order valence-electron chi connectivity index (χ4n) is 11.3. The summed E-state index contributed by atoms with van der Waals surface area (Å²) in [6, 6.07) is 7.86. The summed E-state index contributed by atoms with van der Waals surface area (Å²) in [4.78, 5) is 76.1. The van der Waals surface area contributed by atoms with Crippen molar-refractivity contribution in [1.29, 1.82) is 0 Å². The number of carbonyl (C=O) groups is 5. The molecule has 3 saturated heterocycles. The number of amides is 5. The van der Waals surface area contributed by atoms with Crippen molar-refractivity contribution in [2.45, 2.75) is 115 Å². The normalized spacial score (nSPS) is 23.9. The predicted molar refractivity (Wildman–Crippen MR) is 255 cm³/mol.